The smallest absolute Gasteiger partial charge is 0.347 e. The molecule has 0 aliphatic carbocycles. The highest BCUT2D eigenvalue weighted by Gasteiger charge is 2.16. The van der Waals surface area contributed by atoms with E-state index in [2.05, 4.69) is 15.3 Å². The van der Waals surface area contributed by atoms with Gasteiger partial charge in [-0.1, -0.05) is 29.3 Å². The SMILES string of the molecule is CCOC(=O)[C@H](C)Oc1ccc(NC(=O)/C(=C/C=C/c2cc3cc(Cl)c(Cl)cc3[nH]2)OC)cn1. The van der Waals surface area contributed by atoms with E-state index < -0.39 is 18.0 Å². The summed E-state index contributed by atoms with van der Waals surface area (Å²) in [6.45, 7) is 3.55. The highest BCUT2D eigenvalue weighted by Crippen LogP contribution is 2.28. The van der Waals surface area contributed by atoms with Crippen LogP contribution in [-0.2, 0) is 19.1 Å². The molecule has 34 heavy (non-hydrogen) atoms. The molecule has 2 N–H and O–H groups in total. The molecule has 2 aromatic heterocycles. The van der Waals surface area contributed by atoms with Gasteiger partial charge in [0, 0.05) is 22.7 Å². The Kier molecular flexibility index (Phi) is 8.56. The monoisotopic (exact) mass is 503 g/mol. The van der Waals surface area contributed by atoms with Crippen LogP contribution in [0, 0.1) is 0 Å². The normalized spacial score (nSPS) is 12.6. The van der Waals surface area contributed by atoms with Gasteiger partial charge < -0.3 is 24.5 Å². The molecule has 0 saturated carbocycles. The number of aromatic nitrogens is 2. The van der Waals surface area contributed by atoms with Crippen LogP contribution in [0.25, 0.3) is 17.0 Å². The van der Waals surface area contributed by atoms with Crippen molar-refractivity contribution < 1.29 is 23.8 Å². The van der Waals surface area contributed by atoms with Crippen molar-refractivity contribution in [3.05, 3.63) is 70.2 Å². The van der Waals surface area contributed by atoms with Crippen LogP contribution in [0.15, 0.2) is 54.4 Å². The number of aromatic amines is 1. The number of methoxy groups -OCH3 is 1. The van der Waals surface area contributed by atoms with Crippen molar-refractivity contribution >= 4 is 57.7 Å². The Morgan fingerprint density at radius 1 is 1.21 bits per heavy atom. The van der Waals surface area contributed by atoms with Crippen LogP contribution in [0.5, 0.6) is 5.88 Å². The molecule has 0 unspecified atom stereocenters. The highest BCUT2D eigenvalue weighted by molar-refractivity contribution is 6.42. The maximum absolute atomic E-state index is 12.5. The fraction of sp³-hybridized carbons (Fsp3) is 0.208. The number of carbonyl (C=O) groups is 2. The van der Waals surface area contributed by atoms with Crippen LogP contribution in [0.1, 0.15) is 19.5 Å². The number of H-pyrrole nitrogens is 1. The van der Waals surface area contributed by atoms with Crippen LogP contribution in [0.2, 0.25) is 10.0 Å². The molecule has 10 heteroatoms. The Morgan fingerprint density at radius 2 is 1.97 bits per heavy atom. The first-order valence-corrected chi connectivity index (χ1v) is 11.1. The average Bonchev–Trinajstić information content (AvgIpc) is 3.19. The lowest BCUT2D eigenvalue weighted by Gasteiger charge is -2.13. The summed E-state index contributed by atoms with van der Waals surface area (Å²) in [5.41, 5.74) is 2.08. The fourth-order valence-electron chi connectivity index (χ4n) is 2.92. The van der Waals surface area contributed by atoms with E-state index in [1.807, 2.05) is 6.07 Å². The summed E-state index contributed by atoms with van der Waals surface area (Å²) in [7, 11) is 1.40. The molecule has 8 nitrogen and oxygen atoms in total. The van der Waals surface area contributed by atoms with Crippen molar-refractivity contribution in [2.75, 3.05) is 19.0 Å². The Morgan fingerprint density at radius 3 is 2.65 bits per heavy atom. The average molecular weight is 504 g/mol. The lowest BCUT2D eigenvalue weighted by molar-refractivity contribution is -0.150. The second kappa shape index (κ2) is 11.6. The van der Waals surface area contributed by atoms with Crippen molar-refractivity contribution in [2.24, 2.45) is 0 Å². The number of carbonyl (C=O) groups excluding carboxylic acids is 2. The van der Waals surface area contributed by atoms with E-state index in [9.17, 15) is 9.59 Å². The van der Waals surface area contributed by atoms with Gasteiger partial charge >= 0.3 is 5.97 Å². The van der Waals surface area contributed by atoms with Crippen LogP contribution in [0.4, 0.5) is 5.69 Å². The minimum Gasteiger partial charge on any atom is -0.491 e. The largest absolute Gasteiger partial charge is 0.491 e. The number of ether oxygens (including phenoxy) is 3. The summed E-state index contributed by atoms with van der Waals surface area (Å²) in [6.07, 6.45) is 5.61. The summed E-state index contributed by atoms with van der Waals surface area (Å²) in [6, 6.07) is 8.57. The minimum atomic E-state index is -0.797. The van der Waals surface area contributed by atoms with Crippen molar-refractivity contribution in [1.29, 1.82) is 0 Å². The molecule has 1 aromatic carbocycles. The number of amides is 1. The van der Waals surface area contributed by atoms with Crippen molar-refractivity contribution in [2.45, 2.75) is 20.0 Å². The Labute approximate surface area is 206 Å². The molecule has 178 valence electrons. The molecular weight excluding hydrogens is 481 g/mol. The van der Waals surface area contributed by atoms with E-state index in [-0.39, 0.29) is 18.2 Å². The molecule has 0 bridgehead atoms. The van der Waals surface area contributed by atoms with Gasteiger partial charge in [0.25, 0.3) is 5.91 Å². The predicted octanol–water partition coefficient (Wildman–Crippen LogP) is 5.38. The molecule has 0 radical (unpaired) electrons. The Hall–Kier alpha value is -3.49. The molecule has 0 fully saturated rings. The Bertz CT molecular complexity index is 1200. The van der Waals surface area contributed by atoms with E-state index in [1.165, 1.54) is 25.4 Å². The van der Waals surface area contributed by atoms with Crippen LogP contribution < -0.4 is 10.1 Å². The van der Waals surface area contributed by atoms with Gasteiger partial charge in [-0.3, -0.25) is 4.79 Å². The number of rotatable bonds is 9. The molecule has 2 heterocycles. The molecule has 0 aliphatic rings. The van der Waals surface area contributed by atoms with Crippen molar-refractivity contribution in [3.8, 4) is 5.88 Å². The van der Waals surface area contributed by atoms with E-state index in [0.717, 1.165) is 16.6 Å². The van der Waals surface area contributed by atoms with Crippen molar-refractivity contribution in [1.82, 2.24) is 9.97 Å². The summed E-state index contributed by atoms with van der Waals surface area (Å²) in [5.74, 6) is -0.623. The third-order valence-electron chi connectivity index (χ3n) is 4.56. The number of allylic oxidation sites excluding steroid dienone is 2. The summed E-state index contributed by atoms with van der Waals surface area (Å²) in [5, 5.41) is 4.54. The number of hydrogen-bond acceptors (Lipinski definition) is 6. The van der Waals surface area contributed by atoms with E-state index in [4.69, 9.17) is 37.4 Å². The van der Waals surface area contributed by atoms with Gasteiger partial charge in [-0.15, -0.1) is 0 Å². The predicted molar refractivity (Wildman–Crippen MR) is 132 cm³/mol. The minimum absolute atomic E-state index is 0.0923. The van der Waals surface area contributed by atoms with Crippen LogP contribution >= 0.6 is 23.2 Å². The molecule has 1 amide bonds. The lowest BCUT2D eigenvalue weighted by atomic mass is 10.2. The zero-order chi connectivity index (χ0) is 24.7. The molecule has 0 saturated heterocycles. The number of esters is 1. The quantitative estimate of drug-likeness (QED) is 0.176. The number of benzene rings is 1. The van der Waals surface area contributed by atoms with E-state index in [0.29, 0.717) is 15.7 Å². The van der Waals surface area contributed by atoms with Gasteiger partial charge in [-0.25, -0.2) is 9.78 Å². The number of pyridine rings is 1. The van der Waals surface area contributed by atoms with Gasteiger partial charge in [0.05, 0.1) is 35.6 Å². The third-order valence-corrected chi connectivity index (χ3v) is 5.28. The molecule has 3 aromatic rings. The first-order chi connectivity index (χ1) is 16.3. The van der Waals surface area contributed by atoms with Crippen LogP contribution in [0.3, 0.4) is 0 Å². The number of halogens is 2. The number of nitrogens with one attached hydrogen (secondary N) is 2. The second-order valence-electron chi connectivity index (χ2n) is 7.02. The summed E-state index contributed by atoms with van der Waals surface area (Å²) in [4.78, 5) is 31.5. The molecule has 1 atom stereocenters. The lowest BCUT2D eigenvalue weighted by Crippen LogP contribution is -2.26. The maximum Gasteiger partial charge on any atom is 0.347 e. The molecule has 3 rings (SSSR count). The van der Waals surface area contributed by atoms with E-state index >= 15 is 0 Å². The van der Waals surface area contributed by atoms with Gasteiger partial charge in [0.15, 0.2) is 11.9 Å². The molecular formula is C24H23Cl2N3O5. The molecule has 0 spiro atoms. The number of anilines is 1. The summed E-state index contributed by atoms with van der Waals surface area (Å²) >= 11 is 12.1. The standard InChI is InChI=1S/C24H23Cl2N3O5/c1-4-33-24(31)14(2)34-22-9-8-17(13-27-22)29-23(30)21(32-3)7-5-6-16-10-15-11-18(25)19(26)12-20(15)28-16/h5-14,28H,4H2,1-3H3,(H,29,30)/b6-5+,21-7-/t14-/m0/s1. The maximum atomic E-state index is 12.5. The first-order valence-electron chi connectivity index (χ1n) is 10.3. The third kappa shape index (κ3) is 6.52. The van der Waals surface area contributed by atoms with Gasteiger partial charge in [0.1, 0.15) is 0 Å². The van der Waals surface area contributed by atoms with Gasteiger partial charge in [-0.2, -0.15) is 0 Å². The first kappa shape index (κ1) is 25.1. The zero-order valence-corrected chi connectivity index (χ0v) is 20.2. The van der Waals surface area contributed by atoms with Gasteiger partial charge in [0.2, 0.25) is 5.88 Å². The number of hydrogen-bond donors (Lipinski definition) is 2. The topological polar surface area (TPSA) is 103 Å². The number of fused-ring (bicyclic) bond motifs is 1. The zero-order valence-electron chi connectivity index (χ0n) is 18.7. The Balaban J connectivity index is 1.62. The fourth-order valence-corrected chi connectivity index (χ4v) is 3.26. The van der Waals surface area contributed by atoms with Crippen LogP contribution in [-0.4, -0.2) is 41.7 Å². The van der Waals surface area contributed by atoms with Crippen molar-refractivity contribution in [3.63, 3.8) is 0 Å². The number of nitrogens with zero attached hydrogens (tertiary/aromatic N) is 1. The molecule has 0 aliphatic heterocycles. The highest BCUT2D eigenvalue weighted by atomic mass is 35.5. The second-order valence-corrected chi connectivity index (χ2v) is 7.84. The van der Waals surface area contributed by atoms with E-state index in [1.54, 1.807) is 44.2 Å². The van der Waals surface area contributed by atoms with Gasteiger partial charge in [-0.05, 0) is 50.3 Å². The summed E-state index contributed by atoms with van der Waals surface area (Å²) < 4.78 is 15.5.